The third-order valence-electron chi connectivity index (χ3n) is 4.01. The van der Waals surface area contributed by atoms with Crippen LogP contribution in [0.3, 0.4) is 0 Å². The zero-order valence-corrected chi connectivity index (χ0v) is 14.8. The number of aromatic nitrogens is 2. The highest BCUT2D eigenvalue weighted by atomic mass is 32.2. The Labute approximate surface area is 154 Å². The summed E-state index contributed by atoms with van der Waals surface area (Å²) < 4.78 is 37.3. The van der Waals surface area contributed by atoms with Crippen LogP contribution in [-0.4, -0.2) is 29.7 Å². The number of nitrogens with one attached hydrogen (secondary N) is 1. The molecule has 0 spiro atoms. The van der Waals surface area contributed by atoms with Gasteiger partial charge in [0.1, 0.15) is 11.5 Å². The first-order valence-electron chi connectivity index (χ1n) is 7.94. The van der Waals surface area contributed by atoms with E-state index in [9.17, 15) is 17.6 Å². The first kappa shape index (κ1) is 18.7. The van der Waals surface area contributed by atoms with Crippen molar-refractivity contribution in [1.82, 2.24) is 10.2 Å². The molecule has 9 heteroatoms. The SMILES string of the molecule is NS(=O)(=O)c1ccccc1-c1c(-c2ccc(F)cc2)n[nH]c1CCC(=O)O. The number of nitrogens with two attached hydrogens (primary N) is 1. The summed E-state index contributed by atoms with van der Waals surface area (Å²) in [7, 11) is -4.03. The van der Waals surface area contributed by atoms with Crippen LogP contribution in [-0.2, 0) is 21.2 Å². The molecule has 0 radical (unpaired) electrons. The fraction of sp³-hybridized carbons (Fsp3) is 0.111. The normalized spacial score (nSPS) is 11.5. The maximum absolute atomic E-state index is 13.3. The standard InChI is InChI=1S/C18H16FN3O4S/c19-12-7-5-11(6-8-12)18-17(14(21-22-18)9-10-16(23)24)13-3-1-2-4-15(13)27(20,25)26/h1-8H,9-10H2,(H,21,22)(H,23,24)(H2,20,25,26). The molecular formula is C18H16FN3O4S. The molecule has 0 saturated heterocycles. The van der Waals surface area contributed by atoms with E-state index in [0.717, 1.165) is 0 Å². The van der Waals surface area contributed by atoms with E-state index in [2.05, 4.69) is 10.2 Å². The molecule has 4 N–H and O–H groups in total. The second-order valence-corrected chi connectivity index (χ2v) is 7.40. The van der Waals surface area contributed by atoms with Crippen LogP contribution < -0.4 is 5.14 Å². The van der Waals surface area contributed by atoms with E-state index in [-0.39, 0.29) is 17.7 Å². The molecule has 0 fully saturated rings. The minimum Gasteiger partial charge on any atom is -0.481 e. The highest BCUT2D eigenvalue weighted by Gasteiger charge is 2.23. The number of carbonyl (C=O) groups is 1. The summed E-state index contributed by atoms with van der Waals surface area (Å²) >= 11 is 0. The molecule has 27 heavy (non-hydrogen) atoms. The van der Waals surface area contributed by atoms with Gasteiger partial charge in [0.05, 0.1) is 11.3 Å². The van der Waals surface area contributed by atoms with E-state index in [0.29, 0.717) is 28.1 Å². The summed E-state index contributed by atoms with van der Waals surface area (Å²) in [5, 5.41) is 21.3. The monoisotopic (exact) mass is 389 g/mol. The molecule has 0 unspecified atom stereocenters. The maximum atomic E-state index is 13.3. The molecule has 0 aliphatic carbocycles. The molecule has 0 amide bonds. The molecule has 2 aromatic carbocycles. The van der Waals surface area contributed by atoms with Gasteiger partial charge in [-0.05, 0) is 30.3 Å². The third-order valence-corrected chi connectivity index (χ3v) is 4.98. The van der Waals surface area contributed by atoms with Gasteiger partial charge in [0.2, 0.25) is 10.0 Å². The quantitative estimate of drug-likeness (QED) is 0.597. The lowest BCUT2D eigenvalue weighted by Crippen LogP contribution is -2.13. The fourth-order valence-corrected chi connectivity index (χ4v) is 3.56. The van der Waals surface area contributed by atoms with Gasteiger partial charge in [0.25, 0.3) is 0 Å². The lowest BCUT2D eigenvalue weighted by molar-refractivity contribution is -0.136. The van der Waals surface area contributed by atoms with Crippen LogP contribution in [0, 0.1) is 5.82 Å². The van der Waals surface area contributed by atoms with Crippen molar-refractivity contribution in [2.75, 3.05) is 0 Å². The number of aromatic amines is 1. The molecule has 0 bridgehead atoms. The van der Waals surface area contributed by atoms with Gasteiger partial charge >= 0.3 is 5.97 Å². The zero-order chi connectivity index (χ0) is 19.6. The Morgan fingerprint density at radius 2 is 1.81 bits per heavy atom. The predicted molar refractivity (Wildman–Crippen MR) is 96.7 cm³/mol. The summed E-state index contributed by atoms with van der Waals surface area (Å²) in [6, 6.07) is 11.7. The maximum Gasteiger partial charge on any atom is 0.303 e. The number of nitrogens with zero attached hydrogens (tertiary/aromatic N) is 1. The zero-order valence-electron chi connectivity index (χ0n) is 14.0. The van der Waals surface area contributed by atoms with Crippen molar-refractivity contribution >= 4 is 16.0 Å². The van der Waals surface area contributed by atoms with Gasteiger partial charge in [-0.3, -0.25) is 9.89 Å². The third kappa shape index (κ3) is 4.04. The number of halogens is 1. The molecule has 0 atom stereocenters. The van der Waals surface area contributed by atoms with Crippen LogP contribution in [0.25, 0.3) is 22.4 Å². The van der Waals surface area contributed by atoms with Crippen molar-refractivity contribution in [2.24, 2.45) is 5.14 Å². The summed E-state index contributed by atoms with van der Waals surface area (Å²) in [5.74, 6) is -1.43. The largest absolute Gasteiger partial charge is 0.481 e. The summed E-state index contributed by atoms with van der Waals surface area (Å²) in [5.41, 5.74) is 2.11. The minimum absolute atomic E-state index is 0.105. The number of H-pyrrole nitrogens is 1. The number of aliphatic carboxylic acids is 1. The van der Waals surface area contributed by atoms with Crippen LogP contribution >= 0.6 is 0 Å². The van der Waals surface area contributed by atoms with E-state index in [1.165, 1.54) is 36.4 Å². The highest BCUT2D eigenvalue weighted by Crippen LogP contribution is 2.37. The first-order valence-corrected chi connectivity index (χ1v) is 9.49. The van der Waals surface area contributed by atoms with E-state index >= 15 is 0 Å². The van der Waals surface area contributed by atoms with Crippen molar-refractivity contribution in [2.45, 2.75) is 17.7 Å². The molecule has 0 aliphatic rings. The molecule has 0 saturated carbocycles. The molecule has 0 aliphatic heterocycles. The van der Waals surface area contributed by atoms with E-state index in [1.54, 1.807) is 12.1 Å². The molecule has 1 aromatic heterocycles. The number of hydrogen-bond donors (Lipinski definition) is 3. The number of carboxylic acid groups (broad SMARTS) is 1. The van der Waals surface area contributed by atoms with Crippen molar-refractivity contribution < 1.29 is 22.7 Å². The fourth-order valence-electron chi connectivity index (χ4n) is 2.82. The van der Waals surface area contributed by atoms with Gasteiger partial charge in [0, 0.05) is 28.8 Å². The Morgan fingerprint density at radius 3 is 2.44 bits per heavy atom. The van der Waals surface area contributed by atoms with Gasteiger partial charge in [-0.25, -0.2) is 17.9 Å². The summed E-state index contributed by atoms with van der Waals surface area (Å²) in [6.45, 7) is 0. The van der Waals surface area contributed by atoms with Crippen molar-refractivity contribution in [3.63, 3.8) is 0 Å². The molecular weight excluding hydrogens is 373 g/mol. The van der Waals surface area contributed by atoms with Crippen molar-refractivity contribution in [1.29, 1.82) is 0 Å². The van der Waals surface area contributed by atoms with Gasteiger partial charge in [-0.1, -0.05) is 18.2 Å². The van der Waals surface area contributed by atoms with Crippen LogP contribution in [0.4, 0.5) is 4.39 Å². The van der Waals surface area contributed by atoms with Gasteiger partial charge in [-0.15, -0.1) is 0 Å². The first-order chi connectivity index (χ1) is 12.8. The Balaban J connectivity index is 2.25. The van der Waals surface area contributed by atoms with Crippen molar-refractivity contribution in [3.05, 3.63) is 60.0 Å². The molecule has 3 rings (SSSR count). The second kappa shape index (κ2) is 7.29. The second-order valence-electron chi connectivity index (χ2n) is 5.87. The predicted octanol–water partition coefficient (Wildman–Crippen LogP) is 2.55. The average molecular weight is 389 g/mol. The van der Waals surface area contributed by atoms with Crippen molar-refractivity contribution in [3.8, 4) is 22.4 Å². The number of hydrogen-bond acceptors (Lipinski definition) is 4. The Bertz CT molecular complexity index is 1090. The lowest BCUT2D eigenvalue weighted by Gasteiger charge is -2.10. The van der Waals surface area contributed by atoms with Crippen LogP contribution in [0.15, 0.2) is 53.4 Å². The molecule has 7 nitrogen and oxygen atoms in total. The van der Waals surface area contributed by atoms with Crippen LogP contribution in [0.2, 0.25) is 0 Å². The average Bonchev–Trinajstić information content (AvgIpc) is 3.03. The molecule has 1 heterocycles. The molecule has 140 valence electrons. The van der Waals surface area contributed by atoms with Crippen LogP contribution in [0.5, 0.6) is 0 Å². The number of benzene rings is 2. The van der Waals surface area contributed by atoms with E-state index in [4.69, 9.17) is 10.2 Å². The Morgan fingerprint density at radius 1 is 1.15 bits per heavy atom. The van der Waals surface area contributed by atoms with Gasteiger partial charge in [0.15, 0.2) is 0 Å². The van der Waals surface area contributed by atoms with E-state index < -0.39 is 21.8 Å². The van der Waals surface area contributed by atoms with E-state index in [1.807, 2.05) is 0 Å². The summed E-state index contributed by atoms with van der Waals surface area (Å²) in [4.78, 5) is 10.9. The number of carboxylic acids is 1. The minimum atomic E-state index is -4.03. The summed E-state index contributed by atoms with van der Waals surface area (Å²) in [6.07, 6.45) is -0.0621. The lowest BCUT2D eigenvalue weighted by atomic mass is 9.97. The van der Waals surface area contributed by atoms with Crippen LogP contribution in [0.1, 0.15) is 12.1 Å². The topological polar surface area (TPSA) is 126 Å². The van der Waals surface area contributed by atoms with Gasteiger partial charge in [-0.2, -0.15) is 5.10 Å². The number of rotatable bonds is 6. The Kier molecular flexibility index (Phi) is 5.06. The molecule has 3 aromatic rings. The van der Waals surface area contributed by atoms with Gasteiger partial charge < -0.3 is 5.11 Å². The number of aryl methyl sites for hydroxylation is 1. The number of primary sulfonamides is 1. The smallest absolute Gasteiger partial charge is 0.303 e. The Hall–Kier alpha value is -3.04. The number of sulfonamides is 1. The highest BCUT2D eigenvalue weighted by molar-refractivity contribution is 7.89.